The van der Waals surface area contributed by atoms with Crippen LogP contribution in [0.3, 0.4) is 0 Å². The van der Waals surface area contributed by atoms with E-state index in [1.807, 2.05) is 74.5 Å². The lowest BCUT2D eigenvalue weighted by molar-refractivity contribution is -0.129. The zero-order valence-electron chi connectivity index (χ0n) is 38.2. The molecule has 1 unspecified atom stereocenters. The number of amides is 2. The molecule has 2 N–H and O–H groups in total. The van der Waals surface area contributed by atoms with Crippen molar-refractivity contribution in [1.82, 2.24) is 20.4 Å². The zero-order chi connectivity index (χ0) is 44.7. The summed E-state index contributed by atoms with van der Waals surface area (Å²) in [6.07, 6.45) is 11.3. The molecule has 4 aromatic rings. The molecule has 0 aliphatic heterocycles. The van der Waals surface area contributed by atoms with Gasteiger partial charge in [-0.25, -0.2) is 4.39 Å². The summed E-state index contributed by atoms with van der Waals surface area (Å²) in [7, 11) is 8.61. The van der Waals surface area contributed by atoms with Crippen molar-refractivity contribution in [2.75, 3.05) is 34.8 Å². The molecule has 0 heterocycles. The Labute approximate surface area is 375 Å². The lowest BCUT2D eigenvalue weighted by Gasteiger charge is -2.45. The van der Waals surface area contributed by atoms with Crippen LogP contribution in [0.2, 0.25) is 5.02 Å². The smallest absolute Gasteiger partial charge is 0.261 e. The second kappa shape index (κ2) is 23.3. The first-order chi connectivity index (χ1) is 29.7. The van der Waals surface area contributed by atoms with E-state index in [0.29, 0.717) is 36.6 Å². The number of nitrogens with zero attached hydrogens (tertiary/aromatic N) is 2. The molecule has 336 valence electrons. The fourth-order valence-electron chi connectivity index (χ4n) is 9.00. The number of halogens is 2. The molecule has 6 rings (SSSR count). The lowest BCUT2D eigenvalue weighted by Crippen LogP contribution is -2.53. The SMILES string of the molecule is CCC(Oc1ccccc1)C(=O)NC1CCC(Cc2ccc(F)cc2)(N(C)C)CC1.Cc1ccc(CC2(N(C)C)CCC(NC(=O)CCCOc3ccc(Cl)cc3C)CC2)cc1. The number of carbonyl (C=O) groups is 2. The molecule has 4 aromatic carbocycles. The van der Waals surface area contributed by atoms with Gasteiger partial charge in [0.15, 0.2) is 6.10 Å². The first-order valence-electron chi connectivity index (χ1n) is 22.5. The summed E-state index contributed by atoms with van der Waals surface area (Å²) in [6.45, 7) is 6.60. The predicted molar refractivity (Wildman–Crippen MR) is 251 cm³/mol. The van der Waals surface area contributed by atoms with Crippen LogP contribution in [0.5, 0.6) is 11.5 Å². The molecule has 0 spiro atoms. The van der Waals surface area contributed by atoms with Gasteiger partial charge in [-0.1, -0.05) is 78.7 Å². The molecule has 0 radical (unpaired) electrons. The normalized spacial score (nSPS) is 21.7. The maximum atomic E-state index is 13.3. The largest absolute Gasteiger partial charge is 0.493 e. The Morgan fingerprint density at radius 2 is 1.29 bits per heavy atom. The van der Waals surface area contributed by atoms with E-state index in [-0.39, 0.29) is 40.8 Å². The van der Waals surface area contributed by atoms with E-state index in [4.69, 9.17) is 21.1 Å². The number of ether oxygens (including phenoxy) is 2. The van der Waals surface area contributed by atoms with Crippen LogP contribution in [0.25, 0.3) is 0 Å². The number of hydrogen-bond donors (Lipinski definition) is 2. The molecule has 0 aromatic heterocycles. The van der Waals surface area contributed by atoms with Crippen LogP contribution in [-0.2, 0) is 22.4 Å². The second-order valence-electron chi connectivity index (χ2n) is 18.0. The number of para-hydroxylation sites is 1. The van der Waals surface area contributed by atoms with Crippen LogP contribution >= 0.6 is 11.6 Å². The number of aryl methyl sites for hydroxylation is 2. The Morgan fingerprint density at radius 3 is 1.81 bits per heavy atom. The number of benzene rings is 4. The Morgan fingerprint density at radius 1 is 0.758 bits per heavy atom. The third-order valence-electron chi connectivity index (χ3n) is 13.2. The lowest BCUT2D eigenvalue weighted by atomic mass is 9.74. The molecule has 8 nitrogen and oxygen atoms in total. The Balaban J connectivity index is 0.000000235. The molecular weight excluding hydrogens is 799 g/mol. The summed E-state index contributed by atoms with van der Waals surface area (Å²) in [5.41, 5.74) is 5.05. The van der Waals surface area contributed by atoms with Gasteiger partial charge in [-0.3, -0.25) is 9.59 Å². The van der Waals surface area contributed by atoms with Gasteiger partial charge in [0.2, 0.25) is 5.91 Å². The van der Waals surface area contributed by atoms with Gasteiger partial charge in [0, 0.05) is 34.6 Å². The van der Waals surface area contributed by atoms with E-state index >= 15 is 0 Å². The van der Waals surface area contributed by atoms with Crippen molar-refractivity contribution in [3.05, 3.63) is 130 Å². The molecule has 2 saturated carbocycles. The Bertz CT molecular complexity index is 1980. The minimum atomic E-state index is -0.479. The topological polar surface area (TPSA) is 83.1 Å². The molecule has 1 atom stereocenters. The van der Waals surface area contributed by atoms with Crippen molar-refractivity contribution in [3.8, 4) is 11.5 Å². The van der Waals surface area contributed by atoms with Crippen molar-refractivity contribution >= 4 is 23.4 Å². The summed E-state index contributed by atoms with van der Waals surface area (Å²) in [6, 6.07) is 31.2. The highest BCUT2D eigenvalue weighted by atomic mass is 35.5. The minimum absolute atomic E-state index is 0.0315. The van der Waals surface area contributed by atoms with Crippen LogP contribution < -0.4 is 20.1 Å². The van der Waals surface area contributed by atoms with Gasteiger partial charge >= 0.3 is 0 Å². The van der Waals surface area contributed by atoms with Crippen molar-refractivity contribution < 1.29 is 23.5 Å². The van der Waals surface area contributed by atoms with Gasteiger partial charge in [-0.15, -0.1) is 0 Å². The van der Waals surface area contributed by atoms with Crippen LogP contribution in [-0.4, -0.2) is 85.7 Å². The molecule has 0 bridgehead atoms. The molecule has 0 saturated heterocycles. The summed E-state index contributed by atoms with van der Waals surface area (Å²) < 4.78 is 25.0. The van der Waals surface area contributed by atoms with Gasteiger partial charge in [0.05, 0.1) is 6.61 Å². The molecule has 2 aliphatic carbocycles. The van der Waals surface area contributed by atoms with Crippen molar-refractivity contribution in [2.45, 2.75) is 134 Å². The Hall–Kier alpha value is -4.44. The number of likely N-dealkylation sites (N-methyl/N-ethyl adjacent to an activating group) is 2. The third-order valence-corrected chi connectivity index (χ3v) is 13.4. The average molecular weight is 870 g/mol. The van der Waals surface area contributed by atoms with Gasteiger partial charge in [-0.2, -0.15) is 0 Å². The van der Waals surface area contributed by atoms with Gasteiger partial charge in [0.1, 0.15) is 17.3 Å². The zero-order valence-corrected chi connectivity index (χ0v) is 38.9. The van der Waals surface area contributed by atoms with Crippen LogP contribution in [0.4, 0.5) is 4.39 Å². The first kappa shape index (κ1) is 48.6. The number of carbonyl (C=O) groups excluding carboxylic acids is 2. The summed E-state index contributed by atoms with van der Waals surface area (Å²) in [4.78, 5) is 29.9. The Kier molecular flexibility index (Phi) is 18.3. The highest BCUT2D eigenvalue weighted by molar-refractivity contribution is 6.30. The molecule has 2 amide bonds. The van der Waals surface area contributed by atoms with E-state index in [9.17, 15) is 14.0 Å². The number of hydrogen-bond acceptors (Lipinski definition) is 6. The van der Waals surface area contributed by atoms with E-state index in [2.05, 4.69) is 79.8 Å². The summed E-state index contributed by atoms with van der Waals surface area (Å²) >= 11 is 5.98. The third kappa shape index (κ3) is 14.3. The van der Waals surface area contributed by atoms with Gasteiger partial charge < -0.3 is 29.9 Å². The van der Waals surface area contributed by atoms with Crippen molar-refractivity contribution in [2.24, 2.45) is 0 Å². The predicted octanol–water partition coefficient (Wildman–Crippen LogP) is 10.3. The first-order valence-corrected chi connectivity index (χ1v) is 22.9. The molecule has 2 aliphatic rings. The van der Waals surface area contributed by atoms with E-state index in [1.165, 1.54) is 23.3 Å². The van der Waals surface area contributed by atoms with Crippen LogP contribution in [0, 0.1) is 19.7 Å². The maximum Gasteiger partial charge on any atom is 0.261 e. The maximum absolute atomic E-state index is 13.3. The van der Waals surface area contributed by atoms with Crippen molar-refractivity contribution in [3.63, 3.8) is 0 Å². The van der Waals surface area contributed by atoms with Gasteiger partial charge in [-0.05, 0) is 178 Å². The highest BCUT2D eigenvalue weighted by Gasteiger charge is 2.39. The monoisotopic (exact) mass is 869 g/mol. The van der Waals surface area contributed by atoms with Crippen molar-refractivity contribution in [1.29, 1.82) is 0 Å². The minimum Gasteiger partial charge on any atom is -0.493 e. The van der Waals surface area contributed by atoms with E-state index in [1.54, 1.807) is 0 Å². The highest BCUT2D eigenvalue weighted by Crippen LogP contribution is 2.37. The number of rotatable bonds is 17. The molecule has 62 heavy (non-hydrogen) atoms. The fourth-order valence-corrected chi connectivity index (χ4v) is 9.23. The molecule has 2 fully saturated rings. The quantitative estimate of drug-likeness (QED) is 0.103. The molecular formula is C52H70ClFN4O4. The fraction of sp³-hybridized carbons (Fsp3) is 0.500. The summed E-state index contributed by atoms with van der Waals surface area (Å²) in [5.74, 6) is 1.43. The average Bonchev–Trinajstić information content (AvgIpc) is 3.25. The number of nitrogens with one attached hydrogen (secondary N) is 2. The summed E-state index contributed by atoms with van der Waals surface area (Å²) in [5, 5.41) is 7.17. The van der Waals surface area contributed by atoms with Crippen LogP contribution in [0.1, 0.15) is 99.8 Å². The van der Waals surface area contributed by atoms with E-state index in [0.717, 1.165) is 81.1 Å². The second-order valence-corrected chi connectivity index (χ2v) is 18.5. The van der Waals surface area contributed by atoms with Gasteiger partial charge in [0.25, 0.3) is 5.91 Å². The molecule has 10 heteroatoms. The van der Waals surface area contributed by atoms with E-state index < -0.39 is 6.10 Å². The standard InChI is InChI=1S/C27H37ClN2O2.C25H33FN2O2/c1-20-7-9-22(10-8-20)19-27(30(3)4)15-13-24(14-16-27)29-26(31)6-5-17-32-25-12-11-23(28)18-21(25)2;1-4-23(30-22-8-6-5-7-9-22)24(29)27-21-14-16-25(17-15-21,28(2)3)18-19-10-12-20(26)13-11-19/h7-12,18,24H,5-6,13-17,19H2,1-4H3,(H,29,31);5-13,21,23H,4,14-18H2,1-3H3,(H,27,29). The van der Waals surface area contributed by atoms with Crippen LogP contribution in [0.15, 0.2) is 97.1 Å².